The minimum absolute atomic E-state index is 0.0220. The largest absolute Gasteiger partial charge is 0.369 e. The average Bonchev–Trinajstić information content (AvgIpc) is 2.87. The summed E-state index contributed by atoms with van der Waals surface area (Å²) >= 11 is 0. The van der Waals surface area contributed by atoms with E-state index in [2.05, 4.69) is 26.9 Å². The highest BCUT2D eigenvalue weighted by Gasteiger charge is 2.42. The van der Waals surface area contributed by atoms with Crippen molar-refractivity contribution in [3.63, 3.8) is 0 Å². The lowest BCUT2D eigenvalue weighted by atomic mass is 9.97. The van der Waals surface area contributed by atoms with Crippen LogP contribution in [0, 0.1) is 22.9 Å². The van der Waals surface area contributed by atoms with Crippen LogP contribution in [0.25, 0.3) is 0 Å². The van der Waals surface area contributed by atoms with Crippen LogP contribution >= 0.6 is 0 Å². The Labute approximate surface area is 214 Å². The molecular weight excluding hydrogens is 452 g/mol. The normalized spacial score (nSPS) is 13.3. The Morgan fingerprint density at radius 1 is 0.833 bits per heavy atom. The van der Waals surface area contributed by atoms with Crippen LogP contribution in [0.2, 0.25) is 0 Å². The first-order valence-corrected chi connectivity index (χ1v) is 12.3. The maximum atomic E-state index is 9.31. The molecule has 10 nitrogen and oxygen atoms in total. The highest BCUT2D eigenvalue weighted by atomic mass is 15.5. The Hall–Kier alpha value is -4.18. The molecule has 2 rings (SSSR count). The van der Waals surface area contributed by atoms with Crippen LogP contribution in [-0.2, 0) is 0 Å². The third kappa shape index (κ3) is 7.67. The molecule has 0 unspecified atom stereocenters. The van der Waals surface area contributed by atoms with Crippen molar-refractivity contribution in [3.8, 4) is 12.4 Å². The third-order valence-electron chi connectivity index (χ3n) is 6.06. The van der Waals surface area contributed by atoms with Gasteiger partial charge < -0.3 is 11.5 Å². The van der Waals surface area contributed by atoms with Crippen molar-refractivity contribution in [3.05, 3.63) is 49.1 Å². The van der Waals surface area contributed by atoms with E-state index in [9.17, 15) is 10.5 Å². The van der Waals surface area contributed by atoms with Crippen molar-refractivity contribution in [2.24, 2.45) is 21.5 Å². The summed E-state index contributed by atoms with van der Waals surface area (Å²) < 4.78 is 0. The van der Waals surface area contributed by atoms with Gasteiger partial charge in [0, 0.05) is 12.4 Å². The van der Waals surface area contributed by atoms with Gasteiger partial charge in [-0.2, -0.15) is 10.5 Å². The van der Waals surface area contributed by atoms with E-state index in [-0.39, 0.29) is 11.9 Å². The van der Waals surface area contributed by atoms with Gasteiger partial charge in [-0.25, -0.2) is 0 Å². The number of nitrogens with two attached hydrogens (primary N) is 2. The molecule has 0 saturated heterocycles. The van der Waals surface area contributed by atoms with Crippen LogP contribution in [0.15, 0.2) is 59.0 Å². The van der Waals surface area contributed by atoms with Crippen LogP contribution in [-0.4, -0.2) is 27.5 Å². The maximum Gasteiger partial charge on any atom is 0.213 e. The van der Waals surface area contributed by atoms with E-state index < -0.39 is 5.66 Å². The molecule has 0 fully saturated rings. The number of nitriles is 2. The molecule has 4 N–H and O–H groups in total. The number of guanidine groups is 2. The van der Waals surface area contributed by atoms with E-state index in [1.807, 2.05) is 19.1 Å². The number of hydrogen-bond acceptors (Lipinski definition) is 6. The molecule has 0 aliphatic rings. The van der Waals surface area contributed by atoms with Crippen molar-refractivity contribution in [1.29, 1.82) is 10.5 Å². The van der Waals surface area contributed by atoms with Gasteiger partial charge in [0.25, 0.3) is 0 Å². The molecule has 10 heteroatoms. The van der Waals surface area contributed by atoms with Gasteiger partial charge in [0.1, 0.15) is 5.66 Å². The van der Waals surface area contributed by atoms with E-state index in [1.54, 1.807) is 59.1 Å². The smallest absolute Gasteiger partial charge is 0.213 e. The summed E-state index contributed by atoms with van der Waals surface area (Å²) in [6, 6.07) is 7.22. The van der Waals surface area contributed by atoms with Crippen LogP contribution < -0.4 is 21.3 Å². The molecular formula is C26H36N10. The zero-order valence-corrected chi connectivity index (χ0v) is 21.2. The number of aliphatic imine (C=N–C) groups is 2. The number of rotatable bonds is 13. The average molecular weight is 489 g/mol. The Morgan fingerprint density at radius 2 is 1.28 bits per heavy atom. The van der Waals surface area contributed by atoms with Crippen LogP contribution in [0.1, 0.15) is 71.6 Å². The molecule has 0 aliphatic carbocycles. The SMILES string of the molecule is CCCCCCCCCCC(C)(N(C(N)=NC#N)c1cccnc1)N(C(N)=NC#N)c1cccnc1. The molecule has 36 heavy (non-hydrogen) atoms. The molecule has 0 aliphatic heterocycles. The lowest BCUT2D eigenvalue weighted by Gasteiger charge is -2.49. The molecule has 0 radical (unpaired) electrons. The Kier molecular flexibility index (Phi) is 11.7. The second-order valence-corrected chi connectivity index (χ2v) is 8.68. The first-order valence-electron chi connectivity index (χ1n) is 12.3. The summed E-state index contributed by atoms with van der Waals surface area (Å²) in [5.41, 5.74) is 13.0. The fraction of sp³-hybridized carbons (Fsp3) is 0.462. The molecule has 2 heterocycles. The summed E-state index contributed by atoms with van der Waals surface area (Å²) in [4.78, 5) is 19.6. The second-order valence-electron chi connectivity index (χ2n) is 8.68. The third-order valence-corrected chi connectivity index (χ3v) is 6.06. The molecule has 0 bridgehead atoms. The molecule has 0 saturated carbocycles. The summed E-state index contributed by atoms with van der Waals surface area (Å²) in [6.45, 7) is 4.15. The number of pyridine rings is 2. The van der Waals surface area contributed by atoms with E-state index in [0.717, 1.165) is 19.3 Å². The number of unbranched alkanes of at least 4 members (excludes halogenated alkanes) is 7. The predicted octanol–water partition coefficient (Wildman–Crippen LogP) is 4.63. The predicted molar refractivity (Wildman–Crippen MR) is 144 cm³/mol. The fourth-order valence-corrected chi connectivity index (χ4v) is 4.41. The van der Waals surface area contributed by atoms with Crippen molar-refractivity contribution in [2.75, 3.05) is 9.80 Å². The number of hydrogen-bond donors (Lipinski definition) is 2. The molecule has 2 aromatic rings. The molecule has 2 aromatic heterocycles. The highest BCUT2D eigenvalue weighted by Crippen LogP contribution is 2.35. The molecule has 0 atom stereocenters. The monoisotopic (exact) mass is 488 g/mol. The number of nitrogens with zero attached hydrogens (tertiary/aromatic N) is 8. The van der Waals surface area contributed by atoms with Gasteiger partial charge in [-0.3, -0.25) is 19.8 Å². The quantitative estimate of drug-likeness (QED) is 0.136. The lowest BCUT2D eigenvalue weighted by molar-refractivity contribution is 0.415. The first-order chi connectivity index (χ1) is 17.5. The Bertz CT molecular complexity index is 980. The standard InChI is InChI=1S/C26H36N10/c1-3-4-5-6-7-8-9-10-15-26(2,35(24(29)33-20-27)22-13-11-16-31-18-22)36(25(30)34-21-28)23-14-12-17-32-19-23/h11-14,16-19H,3-10,15H2,1-2H3,(H2,29,33)(H2,30,34). The van der Waals surface area contributed by atoms with Gasteiger partial charge in [0.15, 0.2) is 0 Å². The van der Waals surface area contributed by atoms with Gasteiger partial charge in [0.2, 0.25) is 24.3 Å². The fourth-order valence-electron chi connectivity index (χ4n) is 4.41. The van der Waals surface area contributed by atoms with Crippen molar-refractivity contribution >= 4 is 23.3 Å². The van der Waals surface area contributed by atoms with Crippen molar-refractivity contribution in [1.82, 2.24) is 9.97 Å². The van der Waals surface area contributed by atoms with E-state index in [4.69, 9.17) is 11.5 Å². The summed E-state index contributed by atoms with van der Waals surface area (Å²) in [6.07, 6.45) is 19.9. The summed E-state index contributed by atoms with van der Waals surface area (Å²) in [5, 5.41) is 18.6. The molecule has 0 aromatic carbocycles. The van der Waals surface area contributed by atoms with Crippen LogP contribution in [0.5, 0.6) is 0 Å². The van der Waals surface area contributed by atoms with Crippen molar-refractivity contribution < 1.29 is 0 Å². The van der Waals surface area contributed by atoms with E-state index >= 15 is 0 Å². The summed E-state index contributed by atoms with van der Waals surface area (Å²) in [5.74, 6) is -0.0440. The Balaban J connectivity index is 2.52. The number of anilines is 2. The van der Waals surface area contributed by atoms with Gasteiger partial charge in [-0.05, 0) is 44.0 Å². The zero-order valence-electron chi connectivity index (χ0n) is 21.2. The van der Waals surface area contributed by atoms with Crippen molar-refractivity contribution in [2.45, 2.75) is 77.3 Å². The van der Waals surface area contributed by atoms with Gasteiger partial charge in [-0.1, -0.05) is 51.9 Å². The summed E-state index contributed by atoms with van der Waals surface area (Å²) in [7, 11) is 0. The van der Waals surface area contributed by atoms with Gasteiger partial charge in [-0.15, -0.1) is 9.98 Å². The maximum absolute atomic E-state index is 9.31. The topological polar surface area (TPSA) is 157 Å². The highest BCUT2D eigenvalue weighted by molar-refractivity contribution is 6.02. The molecule has 190 valence electrons. The van der Waals surface area contributed by atoms with Crippen LogP contribution in [0.4, 0.5) is 11.4 Å². The number of aromatic nitrogens is 2. The minimum Gasteiger partial charge on any atom is -0.369 e. The lowest BCUT2D eigenvalue weighted by Crippen LogP contribution is -2.66. The first kappa shape index (κ1) is 28.1. The second kappa shape index (κ2) is 14.9. The minimum atomic E-state index is -0.997. The van der Waals surface area contributed by atoms with Gasteiger partial charge >= 0.3 is 0 Å². The van der Waals surface area contributed by atoms with E-state index in [0.29, 0.717) is 17.8 Å². The molecule has 0 amide bonds. The van der Waals surface area contributed by atoms with E-state index in [1.165, 1.54) is 32.1 Å². The zero-order chi connectivity index (χ0) is 26.2. The Morgan fingerprint density at radius 3 is 1.67 bits per heavy atom. The van der Waals surface area contributed by atoms with Crippen LogP contribution in [0.3, 0.4) is 0 Å². The molecule has 0 spiro atoms. The van der Waals surface area contributed by atoms with Gasteiger partial charge in [0.05, 0.1) is 23.8 Å².